The molecule has 4 heteroatoms. The van der Waals surface area contributed by atoms with Crippen molar-refractivity contribution in [3.63, 3.8) is 0 Å². The van der Waals surface area contributed by atoms with Crippen LogP contribution in [0.25, 0.3) is 0 Å². The van der Waals surface area contributed by atoms with E-state index in [1.54, 1.807) is 0 Å². The smallest absolute Gasteiger partial charge is 0.151 e. The Labute approximate surface area is 127 Å². The summed E-state index contributed by atoms with van der Waals surface area (Å²) in [4.78, 5) is 7.73. The highest BCUT2D eigenvalue weighted by Crippen LogP contribution is 2.67. The first-order valence-corrected chi connectivity index (χ1v) is 8.12. The fraction of sp³-hybridized carbons (Fsp3) is 0.812. The molecule has 3 nitrogen and oxygen atoms in total. The molecule has 0 unspecified atom stereocenters. The fourth-order valence-corrected chi connectivity index (χ4v) is 3.42. The number of imidazole rings is 1. The molecule has 0 spiro atoms. The van der Waals surface area contributed by atoms with Gasteiger partial charge in [0.1, 0.15) is 5.82 Å². The molecule has 1 saturated carbocycles. The highest BCUT2D eigenvalue weighted by Gasteiger charge is 2.63. The number of nitrogens with one attached hydrogen (secondary N) is 2. The number of aromatic amines is 1. The molecule has 0 aromatic carbocycles. The lowest BCUT2D eigenvalue weighted by atomic mass is 10.0. The van der Waals surface area contributed by atoms with Gasteiger partial charge >= 0.3 is 0 Å². The lowest BCUT2D eigenvalue weighted by Crippen LogP contribution is -2.19. The van der Waals surface area contributed by atoms with Crippen molar-refractivity contribution in [1.29, 1.82) is 0 Å². The molecule has 114 valence electrons. The van der Waals surface area contributed by atoms with Gasteiger partial charge in [-0.15, -0.1) is 0 Å². The molecule has 2 N–H and O–H groups in total. The number of aromatic nitrogens is 2. The summed E-state index contributed by atoms with van der Waals surface area (Å²) < 4.78 is 0. The predicted molar refractivity (Wildman–Crippen MR) is 85.0 cm³/mol. The molecule has 1 aliphatic rings. The Hall–Kier alpha value is -0.540. The normalized spacial score (nSPS) is 20.3. The van der Waals surface area contributed by atoms with Gasteiger partial charge in [-0.1, -0.05) is 52.6 Å². The topological polar surface area (TPSA) is 40.7 Å². The molecule has 0 aliphatic heterocycles. The lowest BCUT2D eigenvalue weighted by Gasteiger charge is -2.05. The van der Waals surface area contributed by atoms with Gasteiger partial charge in [0, 0.05) is 13.0 Å². The number of aryl methyl sites for hydroxylation is 1. The van der Waals surface area contributed by atoms with Crippen molar-refractivity contribution in [2.75, 3.05) is 6.54 Å². The summed E-state index contributed by atoms with van der Waals surface area (Å²) in [6.45, 7) is 13.4. The van der Waals surface area contributed by atoms with Gasteiger partial charge < -0.3 is 10.3 Å². The van der Waals surface area contributed by atoms with Crippen molar-refractivity contribution in [2.45, 2.75) is 60.4 Å². The van der Waals surface area contributed by atoms with Crippen LogP contribution in [0.4, 0.5) is 0 Å². The molecule has 0 radical (unpaired) electrons. The summed E-state index contributed by atoms with van der Waals surface area (Å²) in [6, 6.07) is 0. The van der Waals surface area contributed by atoms with Crippen LogP contribution < -0.4 is 5.32 Å². The molecule has 1 heterocycles. The Morgan fingerprint density at radius 1 is 1.25 bits per heavy atom. The molecule has 2 rings (SSSR count). The minimum Gasteiger partial charge on any atom is -0.344 e. The van der Waals surface area contributed by atoms with E-state index in [1.165, 1.54) is 6.42 Å². The number of hydrogen-bond donors (Lipinski definition) is 2. The van der Waals surface area contributed by atoms with E-state index in [2.05, 4.69) is 49.9 Å². The summed E-state index contributed by atoms with van der Waals surface area (Å²) >= 11 is 6.18. The number of hydrogen-bond acceptors (Lipinski definition) is 2. The van der Waals surface area contributed by atoms with Crippen LogP contribution in [0.3, 0.4) is 0 Å². The number of halogens is 1. The van der Waals surface area contributed by atoms with E-state index >= 15 is 0 Å². The summed E-state index contributed by atoms with van der Waals surface area (Å²) in [5.74, 6) is 1.75. The monoisotopic (exact) mass is 297 g/mol. The SMILES string of the molecule is CCCCc1nc(Cl)c(CNCC2C(C)(C)C2(C)C)[nH]1. The van der Waals surface area contributed by atoms with Crippen LogP contribution in [0.1, 0.15) is 59.0 Å². The quantitative estimate of drug-likeness (QED) is 0.793. The second-order valence-corrected chi connectivity index (χ2v) is 7.54. The van der Waals surface area contributed by atoms with Crippen LogP contribution in [0, 0.1) is 16.7 Å². The van der Waals surface area contributed by atoms with Crippen molar-refractivity contribution in [3.05, 3.63) is 16.7 Å². The van der Waals surface area contributed by atoms with Crippen LogP contribution in [-0.4, -0.2) is 16.5 Å². The van der Waals surface area contributed by atoms with Crippen molar-refractivity contribution >= 4 is 11.6 Å². The molecule has 0 saturated heterocycles. The average molecular weight is 298 g/mol. The van der Waals surface area contributed by atoms with Crippen LogP contribution in [0.15, 0.2) is 0 Å². The van der Waals surface area contributed by atoms with Crippen LogP contribution in [-0.2, 0) is 13.0 Å². The van der Waals surface area contributed by atoms with Gasteiger partial charge in [-0.25, -0.2) is 4.98 Å². The van der Waals surface area contributed by atoms with Gasteiger partial charge in [-0.2, -0.15) is 0 Å². The van der Waals surface area contributed by atoms with Gasteiger partial charge in [0.25, 0.3) is 0 Å². The fourth-order valence-electron chi connectivity index (χ4n) is 3.20. The number of H-pyrrole nitrogens is 1. The van der Waals surface area contributed by atoms with Crippen LogP contribution in [0.2, 0.25) is 5.15 Å². The van der Waals surface area contributed by atoms with Gasteiger partial charge in [0.05, 0.1) is 5.69 Å². The van der Waals surface area contributed by atoms with Gasteiger partial charge in [-0.3, -0.25) is 0 Å². The van der Waals surface area contributed by atoms with Crippen molar-refractivity contribution < 1.29 is 0 Å². The van der Waals surface area contributed by atoms with E-state index in [1.807, 2.05) is 0 Å². The zero-order chi connectivity index (χ0) is 15.0. The van der Waals surface area contributed by atoms with E-state index in [9.17, 15) is 0 Å². The third-order valence-corrected chi connectivity index (χ3v) is 5.83. The molecule has 0 amide bonds. The van der Waals surface area contributed by atoms with E-state index in [0.717, 1.165) is 43.4 Å². The molecule has 0 bridgehead atoms. The minimum atomic E-state index is 0.435. The van der Waals surface area contributed by atoms with E-state index in [-0.39, 0.29) is 0 Å². The van der Waals surface area contributed by atoms with E-state index in [0.29, 0.717) is 16.0 Å². The van der Waals surface area contributed by atoms with Gasteiger partial charge in [-0.05, 0) is 29.7 Å². The third kappa shape index (κ3) is 2.89. The molecule has 1 aliphatic carbocycles. The molecular weight excluding hydrogens is 270 g/mol. The standard InChI is InChI=1S/C16H28ClN3/c1-6-7-8-13-19-11(14(17)20-13)9-18-10-12-15(2,3)16(12,4)5/h12,18H,6-10H2,1-5H3,(H,19,20). The number of nitrogens with zero attached hydrogens (tertiary/aromatic N) is 1. The Bertz CT molecular complexity index is 448. The maximum Gasteiger partial charge on any atom is 0.151 e. The summed E-state index contributed by atoms with van der Waals surface area (Å²) in [5, 5.41) is 4.15. The molecule has 0 atom stereocenters. The Morgan fingerprint density at radius 2 is 1.90 bits per heavy atom. The first kappa shape index (κ1) is 15.8. The van der Waals surface area contributed by atoms with E-state index in [4.69, 9.17) is 11.6 Å². The van der Waals surface area contributed by atoms with Crippen molar-refractivity contribution in [2.24, 2.45) is 16.7 Å². The maximum atomic E-state index is 6.18. The Balaban J connectivity index is 1.82. The lowest BCUT2D eigenvalue weighted by molar-refractivity contribution is 0.457. The molecule has 1 aromatic heterocycles. The summed E-state index contributed by atoms with van der Waals surface area (Å²) in [7, 11) is 0. The zero-order valence-electron chi connectivity index (χ0n) is 13.4. The summed E-state index contributed by atoms with van der Waals surface area (Å²) in [5.41, 5.74) is 1.89. The van der Waals surface area contributed by atoms with Gasteiger partial charge in [0.15, 0.2) is 5.15 Å². The molecule has 1 fully saturated rings. The van der Waals surface area contributed by atoms with Gasteiger partial charge in [0.2, 0.25) is 0 Å². The Kier molecular flexibility index (Phi) is 4.50. The third-order valence-electron chi connectivity index (χ3n) is 5.51. The molecular formula is C16H28ClN3. The first-order valence-electron chi connectivity index (χ1n) is 7.74. The average Bonchev–Trinajstić information content (AvgIpc) is 2.65. The van der Waals surface area contributed by atoms with Crippen molar-refractivity contribution in [1.82, 2.24) is 15.3 Å². The maximum absolute atomic E-state index is 6.18. The van der Waals surface area contributed by atoms with Crippen LogP contribution >= 0.6 is 11.6 Å². The minimum absolute atomic E-state index is 0.435. The highest BCUT2D eigenvalue weighted by atomic mass is 35.5. The number of unbranched alkanes of at least 4 members (excludes halogenated alkanes) is 1. The van der Waals surface area contributed by atoms with Crippen molar-refractivity contribution in [3.8, 4) is 0 Å². The molecule has 20 heavy (non-hydrogen) atoms. The predicted octanol–water partition coefficient (Wildman–Crippen LogP) is 4.18. The van der Waals surface area contributed by atoms with E-state index < -0.39 is 0 Å². The Morgan fingerprint density at radius 3 is 2.45 bits per heavy atom. The number of rotatable bonds is 7. The summed E-state index contributed by atoms with van der Waals surface area (Å²) in [6.07, 6.45) is 3.32. The van der Waals surface area contributed by atoms with Crippen LogP contribution in [0.5, 0.6) is 0 Å². The first-order chi connectivity index (χ1) is 9.30. The second kappa shape index (κ2) is 5.69. The highest BCUT2D eigenvalue weighted by molar-refractivity contribution is 6.30. The molecule has 1 aromatic rings. The second-order valence-electron chi connectivity index (χ2n) is 7.18. The zero-order valence-corrected chi connectivity index (χ0v) is 14.2. The largest absolute Gasteiger partial charge is 0.344 e.